The van der Waals surface area contributed by atoms with Gasteiger partial charge < -0.3 is 4.74 Å². The van der Waals surface area contributed by atoms with Crippen LogP contribution in [0.3, 0.4) is 0 Å². The Balaban J connectivity index is 2.11. The summed E-state index contributed by atoms with van der Waals surface area (Å²) < 4.78 is 5.85. The molecule has 0 bridgehead atoms. The second-order valence-corrected chi connectivity index (χ2v) is 8.29. The SMILES string of the molecule is CCSC1=C(c2ccc(C)c(C)c2)C(=O)N(c2ccccc2OC(C)C)C1=O. The van der Waals surface area contributed by atoms with Crippen LogP contribution in [0.25, 0.3) is 5.57 Å². The largest absolute Gasteiger partial charge is 0.489 e. The van der Waals surface area contributed by atoms with E-state index in [2.05, 4.69) is 0 Å². The highest BCUT2D eigenvalue weighted by Crippen LogP contribution is 2.41. The molecule has 28 heavy (non-hydrogen) atoms. The number of thioether (sulfide) groups is 1. The van der Waals surface area contributed by atoms with Gasteiger partial charge in [-0.15, -0.1) is 11.8 Å². The maximum atomic E-state index is 13.4. The predicted octanol–water partition coefficient (Wildman–Crippen LogP) is 5.13. The summed E-state index contributed by atoms with van der Waals surface area (Å²) in [4.78, 5) is 28.4. The van der Waals surface area contributed by atoms with Crippen molar-refractivity contribution in [2.45, 2.75) is 40.7 Å². The van der Waals surface area contributed by atoms with E-state index in [4.69, 9.17) is 4.74 Å². The number of nitrogens with zero attached hydrogens (tertiary/aromatic N) is 1. The summed E-state index contributed by atoms with van der Waals surface area (Å²) in [5.74, 6) is 0.649. The Bertz CT molecular complexity index is 962. The summed E-state index contributed by atoms with van der Waals surface area (Å²) in [6, 6.07) is 13.1. The van der Waals surface area contributed by atoms with Crippen LogP contribution in [0.15, 0.2) is 47.4 Å². The lowest BCUT2D eigenvalue weighted by atomic mass is 10.0. The molecule has 0 radical (unpaired) electrons. The summed E-state index contributed by atoms with van der Waals surface area (Å²) in [5, 5.41) is 0. The van der Waals surface area contributed by atoms with Gasteiger partial charge in [-0.1, -0.05) is 37.3 Å². The van der Waals surface area contributed by atoms with E-state index in [-0.39, 0.29) is 17.9 Å². The van der Waals surface area contributed by atoms with Crippen LogP contribution in [0.2, 0.25) is 0 Å². The van der Waals surface area contributed by atoms with Gasteiger partial charge in [0.1, 0.15) is 5.75 Å². The fourth-order valence-electron chi connectivity index (χ4n) is 3.15. The van der Waals surface area contributed by atoms with Crippen molar-refractivity contribution in [1.29, 1.82) is 0 Å². The first-order valence-electron chi connectivity index (χ1n) is 9.44. The summed E-state index contributed by atoms with van der Waals surface area (Å²) >= 11 is 1.41. The number of imide groups is 1. The topological polar surface area (TPSA) is 46.6 Å². The van der Waals surface area contributed by atoms with Crippen molar-refractivity contribution in [3.05, 3.63) is 64.1 Å². The number of carbonyl (C=O) groups is 2. The molecule has 0 spiro atoms. The molecule has 146 valence electrons. The summed E-state index contributed by atoms with van der Waals surface area (Å²) in [6.07, 6.45) is -0.0642. The number of hydrogen-bond donors (Lipinski definition) is 0. The first-order valence-corrected chi connectivity index (χ1v) is 10.4. The Morgan fingerprint density at radius 2 is 1.71 bits per heavy atom. The fourth-order valence-corrected chi connectivity index (χ4v) is 4.01. The van der Waals surface area contributed by atoms with E-state index in [1.54, 1.807) is 12.1 Å². The molecule has 1 aliphatic heterocycles. The maximum Gasteiger partial charge on any atom is 0.272 e. The van der Waals surface area contributed by atoms with Gasteiger partial charge in [-0.05, 0) is 62.3 Å². The van der Waals surface area contributed by atoms with Crippen molar-refractivity contribution in [2.75, 3.05) is 10.7 Å². The minimum atomic E-state index is -0.302. The fraction of sp³-hybridized carbons (Fsp3) is 0.304. The van der Waals surface area contributed by atoms with Crippen LogP contribution in [-0.4, -0.2) is 23.7 Å². The smallest absolute Gasteiger partial charge is 0.272 e. The number of ether oxygens (including phenoxy) is 1. The van der Waals surface area contributed by atoms with Crippen LogP contribution < -0.4 is 9.64 Å². The summed E-state index contributed by atoms with van der Waals surface area (Å²) in [5.41, 5.74) is 3.98. The molecule has 2 aromatic rings. The number of rotatable bonds is 6. The second-order valence-electron chi connectivity index (χ2n) is 7.02. The van der Waals surface area contributed by atoms with E-state index in [9.17, 15) is 9.59 Å². The molecule has 1 aliphatic rings. The van der Waals surface area contributed by atoms with Crippen LogP contribution in [0, 0.1) is 13.8 Å². The van der Waals surface area contributed by atoms with Gasteiger partial charge in [0, 0.05) is 0 Å². The number of para-hydroxylation sites is 2. The van der Waals surface area contributed by atoms with E-state index >= 15 is 0 Å². The quantitative estimate of drug-likeness (QED) is 0.636. The van der Waals surface area contributed by atoms with Crippen LogP contribution in [0.5, 0.6) is 5.75 Å². The van der Waals surface area contributed by atoms with Crippen molar-refractivity contribution in [2.24, 2.45) is 0 Å². The monoisotopic (exact) mass is 395 g/mol. The molecule has 0 aliphatic carbocycles. The normalized spacial score (nSPS) is 14.4. The Morgan fingerprint density at radius 3 is 2.36 bits per heavy atom. The molecule has 0 saturated carbocycles. The van der Waals surface area contributed by atoms with Crippen LogP contribution in [0.1, 0.15) is 37.5 Å². The zero-order chi connectivity index (χ0) is 20.4. The highest BCUT2D eigenvalue weighted by atomic mass is 32.2. The predicted molar refractivity (Wildman–Crippen MR) is 116 cm³/mol. The van der Waals surface area contributed by atoms with Gasteiger partial charge in [0.25, 0.3) is 11.8 Å². The molecule has 0 atom stereocenters. The van der Waals surface area contributed by atoms with E-state index in [1.165, 1.54) is 16.7 Å². The maximum absolute atomic E-state index is 13.4. The van der Waals surface area contributed by atoms with Gasteiger partial charge in [-0.3, -0.25) is 9.59 Å². The Kier molecular flexibility index (Phi) is 5.94. The summed E-state index contributed by atoms with van der Waals surface area (Å²) in [7, 11) is 0. The average molecular weight is 396 g/mol. The van der Waals surface area contributed by atoms with Gasteiger partial charge in [-0.2, -0.15) is 0 Å². The lowest BCUT2D eigenvalue weighted by molar-refractivity contribution is -0.119. The molecule has 3 rings (SSSR count). The third kappa shape index (κ3) is 3.72. The van der Waals surface area contributed by atoms with Crippen molar-refractivity contribution in [3.63, 3.8) is 0 Å². The molecule has 5 heteroatoms. The molecular weight excluding hydrogens is 370 g/mol. The van der Waals surface area contributed by atoms with Crippen LogP contribution >= 0.6 is 11.8 Å². The molecule has 2 aromatic carbocycles. The lowest BCUT2D eigenvalue weighted by Gasteiger charge is -2.20. The number of anilines is 1. The zero-order valence-electron chi connectivity index (χ0n) is 16.9. The molecule has 0 fully saturated rings. The third-order valence-corrected chi connectivity index (χ3v) is 5.55. The first-order chi connectivity index (χ1) is 13.3. The van der Waals surface area contributed by atoms with Gasteiger partial charge in [0.15, 0.2) is 0 Å². The number of carbonyl (C=O) groups excluding carboxylic acids is 2. The molecular formula is C23H25NO3S. The van der Waals surface area contributed by atoms with Crippen molar-refractivity contribution >= 4 is 34.8 Å². The van der Waals surface area contributed by atoms with E-state index in [1.807, 2.05) is 65.0 Å². The minimum absolute atomic E-state index is 0.0642. The van der Waals surface area contributed by atoms with Crippen molar-refractivity contribution in [3.8, 4) is 5.75 Å². The van der Waals surface area contributed by atoms with Gasteiger partial charge in [0.2, 0.25) is 0 Å². The van der Waals surface area contributed by atoms with Crippen LogP contribution in [-0.2, 0) is 9.59 Å². The minimum Gasteiger partial charge on any atom is -0.489 e. The zero-order valence-corrected chi connectivity index (χ0v) is 17.7. The van der Waals surface area contributed by atoms with Gasteiger partial charge >= 0.3 is 0 Å². The standard InChI is InChI=1S/C23H25NO3S/c1-6-28-21-20(17-12-11-15(4)16(5)13-17)22(25)24(23(21)26)18-9-7-8-10-19(18)27-14(2)3/h7-14H,6H2,1-5H3. The van der Waals surface area contributed by atoms with Crippen LogP contribution in [0.4, 0.5) is 5.69 Å². The Morgan fingerprint density at radius 1 is 1.00 bits per heavy atom. The highest BCUT2D eigenvalue weighted by molar-refractivity contribution is 8.04. The number of amides is 2. The number of aryl methyl sites for hydroxylation is 2. The van der Waals surface area contributed by atoms with E-state index in [0.717, 1.165) is 16.7 Å². The second kappa shape index (κ2) is 8.23. The molecule has 1 heterocycles. The van der Waals surface area contributed by atoms with E-state index in [0.29, 0.717) is 27.7 Å². The number of hydrogen-bond acceptors (Lipinski definition) is 4. The lowest BCUT2D eigenvalue weighted by Crippen LogP contribution is -2.32. The van der Waals surface area contributed by atoms with Crippen molar-refractivity contribution in [1.82, 2.24) is 0 Å². The molecule has 0 unspecified atom stereocenters. The number of benzene rings is 2. The highest BCUT2D eigenvalue weighted by Gasteiger charge is 2.41. The summed E-state index contributed by atoms with van der Waals surface area (Å²) in [6.45, 7) is 9.86. The first kappa shape index (κ1) is 20.2. The van der Waals surface area contributed by atoms with Gasteiger partial charge in [0.05, 0.1) is 22.3 Å². The van der Waals surface area contributed by atoms with Crippen molar-refractivity contribution < 1.29 is 14.3 Å². The molecule has 0 aromatic heterocycles. The third-order valence-electron chi connectivity index (χ3n) is 4.59. The average Bonchev–Trinajstić information content (AvgIpc) is 2.88. The molecule has 4 nitrogen and oxygen atoms in total. The Hall–Kier alpha value is -2.53. The van der Waals surface area contributed by atoms with E-state index < -0.39 is 0 Å². The molecule has 0 saturated heterocycles. The molecule has 2 amide bonds. The molecule has 0 N–H and O–H groups in total. The van der Waals surface area contributed by atoms with Gasteiger partial charge in [-0.25, -0.2) is 4.90 Å². The Labute approximate surface area is 170 Å².